The molecule has 1 aliphatic heterocycles. The summed E-state index contributed by atoms with van der Waals surface area (Å²) in [6.07, 6.45) is 9.28. The van der Waals surface area contributed by atoms with E-state index in [0.29, 0.717) is 11.3 Å². The molecule has 1 N–H and O–H groups in total. The van der Waals surface area contributed by atoms with Crippen molar-refractivity contribution in [1.82, 2.24) is 10.2 Å². The molecule has 4 bridgehead atoms. The molecule has 1 heterocycles. The average Bonchev–Trinajstić information content (AvgIpc) is 2.35. The summed E-state index contributed by atoms with van der Waals surface area (Å²) in [7, 11) is 0. The van der Waals surface area contributed by atoms with Crippen molar-refractivity contribution in [2.45, 2.75) is 64.3 Å². The van der Waals surface area contributed by atoms with Gasteiger partial charge in [-0.25, -0.2) is 0 Å². The van der Waals surface area contributed by atoms with Gasteiger partial charge < -0.3 is 10.2 Å². The quantitative estimate of drug-likeness (QED) is 0.848. The molecular formula is C18H30N2O. The molecule has 4 aliphatic carbocycles. The first kappa shape index (κ1) is 14.0. The van der Waals surface area contributed by atoms with E-state index in [0.717, 1.165) is 43.8 Å². The normalized spacial score (nSPS) is 44.1. The maximum Gasteiger partial charge on any atom is 0.223 e. The fourth-order valence-electron chi connectivity index (χ4n) is 6.29. The van der Waals surface area contributed by atoms with E-state index in [-0.39, 0.29) is 5.54 Å². The summed E-state index contributed by atoms with van der Waals surface area (Å²) in [4.78, 5) is 15.0. The number of piperazine rings is 1. The van der Waals surface area contributed by atoms with Gasteiger partial charge >= 0.3 is 0 Å². The van der Waals surface area contributed by atoms with Crippen LogP contribution in [0.5, 0.6) is 0 Å². The predicted molar refractivity (Wildman–Crippen MR) is 83.9 cm³/mol. The number of amides is 1. The van der Waals surface area contributed by atoms with E-state index in [1.54, 1.807) is 0 Å². The summed E-state index contributed by atoms with van der Waals surface area (Å²) >= 11 is 0. The van der Waals surface area contributed by atoms with E-state index < -0.39 is 0 Å². The fraction of sp³-hybridized carbons (Fsp3) is 0.944. The summed E-state index contributed by atoms with van der Waals surface area (Å²) in [5.41, 5.74) is 0.468. The first-order valence-corrected chi connectivity index (χ1v) is 8.96. The number of nitrogens with one attached hydrogen (secondary N) is 1. The molecule has 21 heavy (non-hydrogen) atoms. The Balaban J connectivity index is 1.45. The van der Waals surface area contributed by atoms with E-state index in [2.05, 4.69) is 24.1 Å². The second kappa shape index (κ2) is 4.71. The minimum atomic E-state index is 0.0788. The third-order valence-electron chi connectivity index (χ3n) is 6.62. The maximum absolute atomic E-state index is 12.9. The molecule has 0 atom stereocenters. The van der Waals surface area contributed by atoms with Crippen molar-refractivity contribution in [3.8, 4) is 0 Å². The first-order valence-electron chi connectivity index (χ1n) is 8.96. The summed E-state index contributed by atoms with van der Waals surface area (Å²) in [5.74, 6) is 3.28. The van der Waals surface area contributed by atoms with Crippen LogP contribution in [-0.2, 0) is 4.79 Å². The van der Waals surface area contributed by atoms with Gasteiger partial charge in [-0.3, -0.25) is 4.79 Å². The molecule has 0 spiro atoms. The molecule has 5 aliphatic rings. The predicted octanol–water partition coefficient (Wildman–Crippen LogP) is 2.80. The van der Waals surface area contributed by atoms with E-state index in [1.807, 2.05) is 0 Å². The first-order chi connectivity index (χ1) is 9.93. The van der Waals surface area contributed by atoms with Crippen molar-refractivity contribution < 1.29 is 4.79 Å². The van der Waals surface area contributed by atoms with Crippen molar-refractivity contribution in [3.05, 3.63) is 0 Å². The van der Waals surface area contributed by atoms with E-state index in [9.17, 15) is 4.79 Å². The lowest BCUT2D eigenvalue weighted by Crippen LogP contribution is -2.59. The maximum atomic E-state index is 12.9. The summed E-state index contributed by atoms with van der Waals surface area (Å²) < 4.78 is 0. The highest BCUT2D eigenvalue weighted by Gasteiger charge is 2.51. The molecule has 5 rings (SSSR count). The average molecular weight is 290 g/mol. The second-order valence-corrected chi connectivity index (χ2v) is 9.22. The second-order valence-electron chi connectivity index (χ2n) is 9.22. The number of hydrogen-bond acceptors (Lipinski definition) is 2. The van der Waals surface area contributed by atoms with Crippen LogP contribution < -0.4 is 5.32 Å². The molecule has 0 unspecified atom stereocenters. The Morgan fingerprint density at radius 3 is 2.19 bits per heavy atom. The van der Waals surface area contributed by atoms with Crippen LogP contribution in [0.25, 0.3) is 0 Å². The Hall–Kier alpha value is -0.570. The standard InChI is InChI=1S/C18H30N2O/c1-17(2)12-20(4-3-19-17)16(21)11-18-8-13-5-14(9-18)7-15(6-13)10-18/h13-15,19H,3-12H2,1-2H3. The van der Waals surface area contributed by atoms with E-state index in [1.165, 1.54) is 38.5 Å². The number of nitrogens with zero attached hydrogens (tertiary/aromatic N) is 1. The van der Waals surface area contributed by atoms with Gasteiger partial charge in [0.1, 0.15) is 0 Å². The monoisotopic (exact) mass is 290 g/mol. The molecule has 118 valence electrons. The fourth-order valence-corrected chi connectivity index (χ4v) is 6.29. The number of carbonyl (C=O) groups is 1. The highest BCUT2D eigenvalue weighted by molar-refractivity contribution is 5.77. The zero-order valence-electron chi connectivity index (χ0n) is 13.7. The van der Waals surface area contributed by atoms with Gasteiger partial charge in [0.2, 0.25) is 5.91 Å². The highest BCUT2D eigenvalue weighted by atomic mass is 16.2. The summed E-state index contributed by atoms with van der Waals surface area (Å²) in [6, 6.07) is 0. The van der Waals surface area contributed by atoms with Crippen molar-refractivity contribution in [1.29, 1.82) is 0 Å². The van der Waals surface area contributed by atoms with Crippen LogP contribution >= 0.6 is 0 Å². The topological polar surface area (TPSA) is 32.3 Å². The Bertz CT molecular complexity index is 407. The van der Waals surface area contributed by atoms with Gasteiger partial charge in [-0.05, 0) is 75.5 Å². The number of rotatable bonds is 2. The van der Waals surface area contributed by atoms with Gasteiger partial charge in [-0.15, -0.1) is 0 Å². The van der Waals surface area contributed by atoms with Crippen molar-refractivity contribution in [2.75, 3.05) is 19.6 Å². The molecule has 1 amide bonds. The van der Waals surface area contributed by atoms with Crippen LogP contribution in [0.2, 0.25) is 0 Å². The van der Waals surface area contributed by atoms with E-state index in [4.69, 9.17) is 0 Å². The van der Waals surface area contributed by atoms with Gasteiger partial charge in [0, 0.05) is 31.6 Å². The number of hydrogen-bond donors (Lipinski definition) is 1. The Kier molecular flexibility index (Phi) is 3.15. The zero-order valence-corrected chi connectivity index (χ0v) is 13.7. The van der Waals surface area contributed by atoms with Gasteiger partial charge in [0.15, 0.2) is 0 Å². The van der Waals surface area contributed by atoms with Crippen molar-refractivity contribution >= 4 is 5.91 Å². The minimum absolute atomic E-state index is 0.0788. The lowest BCUT2D eigenvalue weighted by molar-refractivity contribution is -0.141. The molecule has 0 aromatic carbocycles. The third-order valence-corrected chi connectivity index (χ3v) is 6.62. The van der Waals surface area contributed by atoms with Crippen LogP contribution in [-0.4, -0.2) is 36.0 Å². The lowest BCUT2D eigenvalue weighted by atomic mass is 9.49. The van der Waals surface area contributed by atoms with Crippen molar-refractivity contribution in [3.63, 3.8) is 0 Å². The summed E-state index contributed by atoms with van der Waals surface area (Å²) in [6.45, 7) is 7.13. The zero-order chi connectivity index (χ0) is 14.7. The third kappa shape index (κ3) is 2.62. The molecular weight excluding hydrogens is 260 g/mol. The largest absolute Gasteiger partial charge is 0.340 e. The molecule has 0 radical (unpaired) electrons. The Labute approximate surface area is 128 Å². The van der Waals surface area contributed by atoms with Crippen molar-refractivity contribution in [2.24, 2.45) is 23.2 Å². The lowest BCUT2D eigenvalue weighted by Gasteiger charge is -2.57. The van der Waals surface area contributed by atoms with Gasteiger partial charge in [-0.2, -0.15) is 0 Å². The van der Waals surface area contributed by atoms with Crippen LogP contribution in [0.15, 0.2) is 0 Å². The SMILES string of the molecule is CC1(C)CN(C(=O)CC23CC4CC(CC(C4)C2)C3)CCN1. The molecule has 1 saturated heterocycles. The minimum Gasteiger partial charge on any atom is -0.340 e. The van der Waals surface area contributed by atoms with Crippen LogP contribution in [0, 0.1) is 23.2 Å². The molecule has 3 nitrogen and oxygen atoms in total. The van der Waals surface area contributed by atoms with Gasteiger partial charge in [-0.1, -0.05) is 0 Å². The Morgan fingerprint density at radius 2 is 1.67 bits per heavy atom. The molecule has 5 fully saturated rings. The van der Waals surface area contributed by atoms with Crippen LogP contribution in [0.3, 0.4) is 0 Å². The van der Waals surface area contributed by atoms with Gasteiger partial charge in [0.05, 0.1) is 0 Å². The Morgan fingerprint density at radius 1 is 1.10 bits per heavy atom. The smallest absolute Gasteiger partial charge is 0.223 e. The molecule has 0 aromatic heterocycles. The summed E-state index contributed by atoms with van der Waals surface area (Å²) in [5, 5.41) is 3.51. The van der Waals surface area contributed by atoms with Crippen LogP contribution in [0.4, 0.5) is 0 Å². The molecule has 4 saturated carbocycles. The highest BCUT2D eigenvalue weighted by Crippen LogP contribution is 2.61. The number of carbonyl (C=O) groups excluding carboxylic acids is 1. The molecule has 3 heteroatoms. The molecule has 0 aromatic rings. The van der Waals surface area contributed by atoms with Crippen LogP contribution in [0.1, 0.15) is 58.8 Å². The van der Waals surface area contributed by atoms with E-state index >= 15 is 0 Å². The van der Waals surface area contributed by atoms with Gasteiger partial charge in [0.25, 0.3) is 0 Å².